The van der Waals surface area contributed by atoms with Gasteiger partial charge >= 0.3 is 0 Å². The molecule has 0 saturated heterocycles. The number of aliphatic hydroxyl groups excluding tert-OH is 1. The van der Waals surface area contributed by atoms with Gasteiger partial charge in [0, 0.05) is 12.6 Å². The normalized spacial score (nSPS) is 14.1. The summed E-state index contributed by atoms with van der Waals surface area (Å²) < 4.78 is 0. The number of hydrogen-bond acceptors (Lipinski definition) is 4. The second-order valence-electron chi connectivity index (χ2n) is 3.78. The zero-order chi connectivity index (χ0) is 13.0. The van der Waals surface area contributed by atoms with Crippen LogP contribution >= 0.6 is 11.6 Å². The maximum absolute atomic E-state index is 11.7. The molecule has 2 atom stereocenters. The highest BCUT2D eigenvalue weighted by atomic mass is 35.5. The summed E-state index contributed by atoms with van der Waals surface area (Å²) in [6.07, 6.45) is -0.713. The Morgan fingerprint density at radius 2 is 2.24 bits per heavy atom. The minimum Gasteiger partial charge on any atom is -0.508 e. The van der Waals surface area contributed by atoms with E-state index >= 15 is 0 Å². The SMILES string of the molecule is CC(O)C(N)CNC(=O)c1cc(O)ccc1Cl. The van der Waals surface area contributed by atoms with Crippen LogP contribution in [0.25, 0.3) is 0 Å². The zero-order valence-electron chi connectivity index (χ0n) is 9.35. The molecule has 17 heavy (non-hydrogen) atoms. The Morgan fingerprint density at radius 3 is 2.82 bits per heavy atom. The second kappa shape index (κ2) is 5.86. The maximum Gasteiger partial charge on any atom is 0.252 e. The molecular weight excluding hydrogens is 244 g/mol. The van der Waals surface area contributed by atoms with Crippen molar-refractivity contribution in [3.63, 3.8) is 0 Å². The fourth-order valence-corrected chi connectivity index (χ4v) is 1.37. The molecule has 5 N–H and O–H groups in total. The van der Waals surface area contributed by atoms with Gasteiger partial charge in [-0.05, 0) is 25.1 Å². The molecule has 1 rings (SSSR count). The van der Waals surface area contributed by atoms with Crippen molar-refractivity contribution in [3.8, 4) is 5.75 Å². The van der Waals surface area contributed by atoms with Crippen LogP contribution in [0.5, 0.6) is 5.75 Å². The van der Waals surface area contributed by atoms with E-state index in [1.54, 1.807) is 0 Å². The first-order valence-electron chi connectivity index (χ1n) is 5.12. The van der Waals surface area contributed by atoms with Crippen LogP contribution in [0.4, 0.5) is 0 Å². The number of halogens is 1. The molecule has 0 radical (unpaired) electrons. The first-order valence-corrected chi connectivity index (χ1v) is 5.50. The quantitative estimate of drug-likeness (QED) is 0.632. The summed E-state index contributed by atoms with van der Waals surface area (Å²) in [5.41, 5.74) is 5.73. The van der Waals surface area contributed by atoms with Gasteiger partial charge in [0.2, 0.25) is 0 Å². The summed E-state index contributed by atoms with van der Waals surface area (Å²) >= 11 is 5.82. The van der Waals surface area contributed by atoms with E-state index in [1.807, 2.05) is 0 Å². The van der Waals surface area contributed by atoms with Crippen molar-refractivity contribution >= 4 is 17.5 Å². The van der Waals surface area contributed by atoms with Gasteiger partial charge in [0.05, 0.1) is 16.7 Å². The highest BCUT2D eigenvalue weighted by molar-refractivity contribution is 6.33. The summed E-state index contributed by atoms with van der Waals surface area (Å²) in [6.45, 7) is 1.67. The van der Waals surface area contributed by atoms with E-state index < -0.39 is 18.1 Å². The number of phenols is 1. The fraction of sp³-hybridized carbons (Fsp3) is 0.364. The van der Waals surface area contributed by atoms with E-state index in [0.29, 0.717) is 0 Å². The van der Waals surface area contributed by atoms with Crippen molar-refractivity contribution in [3.05, 3.63) is 28.8 Å². The molecular formula is C11H15ClN2O3. The molecule has 0 aliphatic carbocycles. The summed E-state index contributed by atoms with van der Waals surface area (Å²) in [5.74, 6) is -0.485. The van der Waals surface area contributed by atoms with Gasteiger partial charge in [0.25, 0.3) is 5.91 Å². The highest BCUT2D eigenvalue weighted by Gasteiger charge is 2.14. The van der Waals surface area contributed by atoms with E-state index in [9.17, 15) is 9.90 Å². The van der Waals surface area contributed by atoms with Gasteiger partial charge in [-0.25, -0.2) is 0 Å². The number of aliphatic hydroxyl groups is 1. The standard InChI is InChI=1S/C11H15ClN2O3/c1-6(15)10(13)5-14-11(17)8-4-7(16)2-3-9(8)12/h2-4,6,10,15-16H,5,13H2,1H3,(H,14,17). The van der Waals surface area contributed by atoms with E-state index in [4.69, 9.17) is 22.4 Å². The van der Waals surface area contributed by atoms with Crippen molar-refractivity contribution in [2.75, 3.05) is 6.54 Å². The van der Waals surface area contributed by atoms with Crippen molar-refractivity contribution in [2.24, 2.45) is 5.73 Å². The number of nitrogens with two attached hydrogens (primary N) is 1. The third-order valence-electron chi connectivity index (χ3n) is 2.31. The minimum absolute atomic E-state index is 0.0422. The average molecular weight is 259 g/mol. The van der Waals surface area contributed by atoms with Crippen LogP contribution in [0.3, 0.4) is 0 Å². The molecule has 0 aromatic heterocycles. The van der Waals surface area contributed by atoms with Crippen LogP contribution in [-0.2, 0) is 0 Å². The number of nitrogens with one attached hydrogen (secondary N) is 1. The first kappa shape index (κ1) is 13.8. The largest absolute Gasteiger partial charge is 0.508 e. The van der Waals surface area contributed by atoms with Gasteiger partial charge in [-0.3, -0.25) is 4.79 Å². The lowest BCUT2D eigenvalue weighted by Gasteiger charge is -2.15. The Morgan fingerprint density at radius 1 is 1.59 bits per heavy atom. The molecule has 1 aromatic carbocycles. The Balaban J connectivity index is 2.67. The zero-order valence-corrected chi connectivity index (χ0v) is 10.1. The first-order chi connectivity index (χ1) is 7.91. The molecule has 0 spiro atoms. The van der Waals surface area contributed by atoms with Crippen molar-refractivity contribution in [2.45, 2.75) is 19.1 Å². The van der Waals surface area contributed by atoms with Gasteiger partial charge in [-0.15, -0.1) is 0 Å². The third-order valence-corrected chi connectivity index (χ3v) is 2.64. The number of hydrogen-bond donors (Lipinski definition) is 4. The second-order valence-corrected chi connectivity index (χ2v) is 4.19. The Labute approximate surface area is 104 Å². The maximum atomic E-state index is 11.7. The van der Waals surface area contributed by atoms with Crippen LogP contribution in [-0.4, -0.2) is 34.8 Å². The number of carbonyl (C=O) groups excluding carboxylic acids is 1. The molecule has 94 valence electrons. The van der Waals surface area contributed by atoms with Crippen molar-refractivity contribution in [1.82, 2.24) is 5.32 Å². The molecule has 0 aliphatic heterocycles. The number of aromatic hydroxyl groups is 1. The predicted molar refractivity (Wildman–Crippen MR) is 65.1 cm³/mol. The number of rotatable bonds is 4. The number of benzene rings is 1. The lowest BCUT2D eigenvalue weighted by Crippen LogP contribution is -2.43. The van der Waals surface area contributed by atoms with E-state index in [1.165, 1.54) is 25.1 Å². The summed E-state index contributed by atoms with van der Waals surface area (Å²) in [6, 6.07) is 3.54. The summed E-state index contributed by atoms with van der Waals surface area (Å²) in [4.78, 5) is 11.7. The number of amides is 1. The summed E-state index contributed by atoms with van der Waals surface area (Å²) in [5, 5.41) is 21.2. The Kier molecular flexibility index (Phi) is 4.74. The predicted octanol–water partition coefficient (Wildman–Crippen LogP) is 0.484. The van der Waals surface area contributed by atoms with Gasteiger partial charge < -0.3 is 21.3 Å². The highest BCUT2D eigenvalue weighted by Crippen LogP contribution is 2.20. The molecule has 1 aromatic rings. The molecule has 6 heteroatoms. The van der Waals surface area contributed by atoms with Gasteiger partial charge in [0.15, 0.2) is 0 Å². The molecule has 5 nitrogen and oxygen atoms in total. The lowest BCUT2D eigenvalue weighted by molar-refractivity contribution is 0.0937. The van der Waals surface area contributed by atoms with Crippen molar-refractivity contribution in [1.29, 1.82) is 0 Å². The third kappa shape index (κ3) is 3.89. The van der Waals surface area contributed by atoms with Gasteiger partial charge in [-0.1, -0.05) is 11.6 Å². The molecule has 0 heterocycles. The summed E-state index contributed by atoms with van der Waals surface area (Å²) in [7, 11) is 0. The lowest BCUT2D eigenvalue weighted by atomic mass is 10.1. The van der Waals surface area contributed by atoms with Crippen molar-refractivity contribution < 1.29 is 15.0 Å². The average Bonchev–Trinajstić information content (AvgIpc) is 2.28. The minimum atomic E-state index is -0.713. The molecule has 0 saturated carbocycles. The monoisotopic (exact) mass is 258 g/mol. The molecule has 0 bridgehead atoms. The molecule has 0 aliphatic rings. The van der Waals surface area contributed by atoms with Crippen LogP contribution in [0, 0.1) is 0 Å². The molecule has 2 unspecified atom stereocenters. The van der Waals surface area contributed by atoms with Gasteiger partial charge in [-0.2, -0.15) is 0 Å². The number of carbonyl (C=O) groups is 1. The van der Waals surface area contributed by atoms with E-state index in [0.717, 1.165) is 0 Å². The number of phenolic OH excluding ortho intramolecular Hbond substituents is 1. The van der Waals surface area contributed by atoms with Crippen LogP contribution in [0.2, 0.25) is 5.02 Å². The van der Waals surface area contributed by atoms with E-state index in [2.05, 4.69) is 5.32 Å². The fourth-order valence-electron chi connectivity index (χ4n) is 1.16. The van der Waals surface area contributed by atoms with E-state index in [-0.39, 0.29) is 22.9 Å². The Bertz CT molecular complexity index is 410. The van der Waals surface area contributed by atoms with Crippen LogP contribution in [0.1, 0.15) is 17.3 Å². The van der Waals surface area contributed by atoms with Crippen LogP contribution in [0.15, 0.2) is 18.2 Å². The smallest absolute Gasteiger partial charge is 0.252 e. The molecule has 0 fully saturated rings. The molecule has 1 amide bonds. The van der Waals surface area contributed by atoms with Crippen LogP contribution < -0.4 is 11.1 Å². The van der Waals surface area contributed by atoms with Gasteiger partial charge in [0.1, 0.15) is 5.75 Å². The Hall–Kier alpha value is -1.30. The topological polar surface area (TPSA) is 95.6 Å².